The molecule has 3 N–H and O–H groups in total. The summed E-state index contributed by atoms with van der Waals surface area (Å²) in [7, 11) is 1.51. The zero-order chi connectivity index (χ0) is 12.3. The number of methoxy groups -OCH3 is 1. The van der Waals surface area contributed by atoms with Gasteiger partial charge in [-0.15, -0.1) is 0 Å². The van der Waals surface area contributed by atoms with E-state index in [1.807, 2.05) is 12.1 Å². The van der Waals surface area contributed by atoms with Gasteiger partial charge in [0.15, 0.2) is 16.7 Å². The van der Waals surface area contributed by atoms with E-state index in [1.54, 1.807) is 12.1 Å². The molecule has 0 saturated carbocycles. The third kappa shape index (κ3) is 2.57. The lowest BCUT2D eigenvalue weighted by Crippen LogP contribution is -1.99. The number of hydrogen-bond donors (Lipinski definition) is 2. The fourth-order valence-electron chi connectivity index (χ4n) is 1.33. The Kier molecular flexibility index (Phi) is 3.30. The highest BCUT2D eigenvalue weighted by Crippen LogP contribution is 2.30. The standard InChI is InChI=1S/C11H11ClN4O/c1-17-9-10(12)14-6-15-11(9)16-8-4-2-7(13)3-5-8/h2-6H,13H2,1H3,(H,14,15,16). The van der Waals surface area contributed by atoms with Crippen molar-refractivity contribution in [1.29, 1.82) is 0 Å². The largest absolute Gasteiger partial charge is 0.490 e. The molecule has 0 radical (unpaired) electrons. The van der Waals surface area contributed by atoms with Crippen LogP contribution in [-0.2, 0) is 0 Å². The highest BCUT2D eigenvalue weighted by atomic mass is 35.5. The van der Waals surface area contributed by atoms with Crippen molar-refractivity contribution in [2.24, 2.45) is 0 Å². The van der Waals surface area contributed by atoms with E-state index in [0.29, 0.717) is 17.3 Å². The summed E-state index contributed by atoms with van der Waals surface area (Å²) in [5, 5.41) is 3.34. The third-order valence-corrected chi connectivity index (χ3v) is 2.41. The zero-order valence-electron chi connectivity index (χ0n) is 9.14. The number of ether oxygens (including phenoxy) is 1. The molecule has 2 aromatic rings. The molecule has 0 fully saturated rings. The van der Waals surface area contributed by atoms with Crippen molar-refractivity contribution in [3.05, 3.63) is 35.7 Å². The number of benzene rings is 1. The van der Waals surface area contributed by atoms with Gasteiger partial charge < -0.3 is 15.8 Å². The van der Waals surface area contributed by atoms with Gasteiger partial charge in [-0.05, 0) is 24.3 Å². The van der Waals surface area contributed by atoms with E-state index in [9.17, 15) is 0 Å². The first-order valence-electron chi connectivity index (χ1n) is 4.88. The Labute approximate surface area is 104 Å². The lowest BCUT2D eigenvalue weighted by molar-refractivity contribution is 0.413. The number of hydrogen-bond acceptors (Lipinski definition) is 5. The fraction of sp³-hybridized carbons (Fsp3) is 0.0909. The molecule has 0 unspecified atom stereocenters. The van der Waals surface area contributed by atoms with Crippen molar-refractivity contribution in [3.8, 4) is 5.75 Å². The molecule has 2 rings (SSSR count). The molecule has 0 saturated heterocycles. The van der Waals surface area contributed by atoms with Crippen LogP contribution < -0.4 is 15.8 Å². The number of nitrogen functional groups attached to an aromatic ring is 1. The Balaban J connectivity index is 2.29. The van der Waals surface area contributed by atoms with E-state index in [4.69, 9.17) is 22.1 Å². The molecular weight excluding hydrogens is 240 g/mol. The predicted octanol–water partition coefficient (Wildman–Crippen LogP) is 2.46. The maximum atomic E-state index is 5.88. The van der Waals surface area contributed by atoms with Gasteiger partial charge in [0.05, 0.1) is 7.11 Å². The minimum atomic E-state index is 0.264. The number of nitrogens with zero attached hydrogens (tertiary/aromatic N) is 2. The molecule has 5 nitrogen and oxygen atoms in total. The monoisotopic (exact) mass is 250 g/mol. The molecule has 0 aliphatic heterocycles. The van der Waals surface area contributed by atoms with Gasteiger partial charge >= 0.3 is 0 Å². The second-order valence-electron chi connectivity index (χ2n) is 3.29. The molecule has 1 aromatic heterocycles. The van der Waals surface area contributed by atoms with Crippen molar-refractivity contribution in [2.45, 2.75) is 0 Å². The van der Waals surface area contributed by atoms with E-state index in [2.05, 4.69) is 15.3 Å². The minimum absolute atomic E-state index is 0.264. The van der Waals surface area contributed by atoms with Crippen LogP contribution in [0, 0.1) is 0 Å². The molecule has 1 heterocycles. The summed E-state index contributed by atoms with van der Waals surface area (Å²) in [6, 6.07) is 7.25. The van der Waals surface area contributed by atoms with Crippen LogP contribution in [0.15, 0.2) is 30.6 Å². The number of rotatable bonds is 3. The van der Waals surface area contributed by atoms with Crippen molar-refractivity contribution in [1.82, 2.24) is 9.97 Å². The number of aromatic nitrogens is 2. The molecule has 1 aromatic carbocycles. The van der Waals surface area contributed by atoms with Crippen molar-refractivity contribution in [3.63, 3.8) is 0 Å². The maximum Gasteiger partial charge on any atom is 0.199 e. The Morgan fingerprint density at radius 1 is 1.24 bits per heavy atom. The predicted molar refractivity (Wildman–Crippen MR) is 67.7 cm³/mol. The average Bonchev–Trinajstić information content (AvgIpc) is 2.32. The summed E-state index contributed by atoms with van der Waals surface area (Å²) >= 11 is 5.88. The maximum absolute atomic E-state index is 5.88. The van der Waals surface area contributed by atoms with Crippen LogP contribution in [0.25, 0.3) is 0 Å². The smallest absolute Gasteiger partial charge is 0.199 e. The van der Waals surface area contributed by atoms with E-state index in [1.165, 1.54) is 13.4 Å². The number of anilines is 3. The molecule has 88 valence electrons. The molecule has 0 aliphatic rings. The Morgan fingerprint density at radius 3 is 2.59 bits per heavy atom. The first-order chi connectivity index (χ1) is 8.20. The molecule has 17 heavy (non-hydrogen) atoms. The first-order valence-corrected chi connectivity index (χ1v) is 5.25. The molecule has 0 amide bonds. The third-order valence-electron chi connectivity index (χ3n) is 2.14. The van der Waals surface area contributed by atoms with E-state index in [-0.39, 0.29) is 5.15 Å². The molecule has 0 bridgehead atoms. The van der Waals surface area contributed by atoms with Crippen molar-refractivity contribution < 1.29 is 4.74 Å². The minimum Gasteiger partial charge on any atom is -0.490 e. The van der Waals surface area contributed by atoms with Crippen molar-refractivity contribution >= 4 is 28.8 Å². The number of halogens is 1. The lowest BCUT2D eigenvalue weighted by atomic mass is 10.3. The molecule has 0 atom stereocenters. The Morgan fingerprint density at radius 2 is 1.94 bits per heavy atom. The summed E-state index contributed by atoms with van der Waals surface area (Å²) in [5.74, 6) is 0.920. The van der Waals surface area contributed by atoms with Gasteiger partial charge in [-0.2, -0.15) is 0 Å². The van der Waals surface area contributed by atoms with Crippen LogP contribution in [0.4, 0.5) is 17.2 Å². The van der Waals surface area contributed by atoms with Crippen LogP contribution in [0.2, 0.25) is 5.15 Å². The summed E-state index contributed by atoms with van der Waals surface area (Å²) in [6.07, 6.45) is 1.37. The second-order valence-corrected chi connectivity index (χ2v) is 3.65. The Hall–Kier alpha value is -2.01. The molecule has 6 heteroatoms. The zero-order valence-corrected chi connectivity index (χ0v) is 9.90. The quantitative estimate of drug-likeness (QED) is 0.647. The second kappa shape index (κ2) is 4.88. The van der Waals surface area contributed by atoms with Gasteiger partial charge in [0.25, 0.3) is 0 Å². The van der Waals surface area contributed by atoms with E-state index >= 15 is 0 Å². The summed E-state index contributed by atoms with van der Waals surface area (Å²) in [4.78, 5) is 7.90. The van der Waals surface area contributed by atoms with Crippen LogP contribution in [-0.4, -0.2) is 17.1 Å². The fourth-order valence-corrected chi connectivity index (χ4v) is 1.54. The van der Waals surface area contributed by atoms with Crippen molar-refractivity contribution in [2.75, 3.05) is 18.2 Å². The summed E-state index contributed by atoms with van der Waals surface area (Å²) in [6.45, 7) is 0. The van der Waals surface area contributed by atoms with Crippen LogP contribution in [0.1, 0.15) is 0 Å². The first kappa shape index (κ1) is 11.5. The van der Waals surface area contributed by atoms with E-state index < -0.39 is 0 Å². The highest BCUT2D eigenvalue weighted by Gasteiger charge is 2.09. The van der Waals surface area contributed by atoms with Gasteiger partial charge in [-0.25, -0.2) is 9.97 Å². The van der Waals surface area contributed by atoms with Crippen LogP contribution in [0.3, 0.4) is 0 Å². The SMILES string of the molecule is COc1c(Cl)ncnc1Nc1ccc(N)cc1. The average molecular weight is 251 g/mol. The summed E-state index contributed by atoms with van der Waals surface area (Å²) < 4.78 is 5.13. The Bertz CT molecular complexity index is 515. The molecular formula is C11H11ClN4O. The van der Waals surface area contributed by atoms with Crippen LogP contribution in [0.5, 0.6) is 5.75 Å². The number of nitrogens with one attached hydrogen (secondary N) is 1. The van der Waals surface area contributed by atoms with Gasteiger partial charge in [0, 0.05) is 11.4 Å². The number of nitrogens with two attached hydrogens (primary N) is 1. The van der Waals surface area contributed by atoms with Gasteiger partial charge in [-0.3, -0.25) is 0 Å². The summed E-state index contributed by atoms with van der Waals surface area (Å²) in [5.41, 5.74) is 7.14. The van der Waals surface area contributed by atoms with Gasteiger partial charge in [-0.1, -0.05) is 11.6 Å². The lowest BCUT2D eigenvalue weighted by Gasteiger charge is -2.10. The van der Waals surface area contributed by atoms with Crippen LogP contribution >= 0.6 is 11.6 Å². The molecule has 0 spiro atoms. The topological polar surface area (TPSA) is 73.1 Å². The van der Waals surface area contributed by atoms with Gasteiger partial charge in [0.1, 0.15) is 6.33 Å². The highest BCUT2D eigenvalue weighted by molar-refractivity contribution is 6.31. The molecule has 0 aliphatic carbocycles. The van der Waals surface area contributed by atoms with Gasteiger partial charge in [0.2, 0.25) is 0 Å². The normalized spacial score (nSPS) is 10.0. The van der Waals surface area contributed by atoms with E-state index in [0.717, 1.165) is 5.69 Å².